The molecule has 0 saturated heterocycles. The van der Waals surface area contributed by atoms with Crippen molar-refractivity contribution in [3.05, 3.63) is 36.5 Å². The predicted octanol–water partition coefficient (Wildman–Crippen LogP) is 17.2. The lowest BCUT2D eigenvalue weighted by Gasteiger charge is -2.20. The van der Waals surface area contributed by atoms with Gasteiger partial charge in [-0.05, 0) is 57.8 Å². The van der Waals surface area contributed by atoms with Crippen molar-refractivity contribution in [3.8, 4) is 0 Å². The molecule has 0 aliphatic heterocycles. The average molecular weight is 901 g/mol. The minimum Gasteiger partial charge on any atom is -0.466 e. The van der Waals surface area contributed by atoms with Crippen molar-refractivity contribution in [2.45, 2.75) is 309 Å². The Hall–Kier alpha value is -1.92. The molecule has 0 aliphatic rings. The van der Waals surface area contributed by atoms with Crippen molar-refractivity contribution in [1.82, 2.24) is 5.32 Å². The van der Waals surface area contributed by atoms with Crippen molar-refractivity contribution in [2.24, 2.45) is 0 Å². The highest BCUT2D eigenvalue weighted by molar-refractivity contribution is 5.76. The fourth-order valence-electron chi connectivity index (χ4n) is 8.53. The van der Waals surface area contributed by atoms with Crippen LogP contribution in [0.1, 0.15) is 296 Å². The Morgan fingerprint density at radius 1 is 0.438 bits per heavy atom. The Morgan fingerprint density at radius 2 is 0.797 bits per heavy atom. The number of hydrogen-bond donors (Lipinski definition) is 3. The molecule has 6 heteroatoms. The number of hydrogen-bond acceptors (Lipinski definition) is 5. The molecule has 0 spiro atoms. The third-order valence-electron chi connectivity index (χ3n) is 12.9. The molecule has 0 fully saturated rings. The first-order valence-electron chi connectivity index (χ1n) is 28.3. The van der Waals surface area contributed by atoms with Gasteiger partial charge in [-0.3, -0.25) is 9.59 Å². The van der Waals surface area contributed by atoms with Gasteiger partial charge in [0.1, 0.15) is 0 Å². The number of carbonyl (C=O) groups is 2. The quantitative estimate of drug-likeness (QED) is 0.0321. The fourth-order valence-corrected chi connectivity index (χ4v) is 8.53. The number of esters is 1. The van der Waals surface area contributed by atoms with E-state index in [2.05, 4.69) is 43.5 Å². The van der Waals surface area contributed by atoms with Gasteiger partial charge in [-0.15, -0.1) is 0 Å². The Balaban J connectivity index is 3.39. The second kappa shape index (κ2) is 53.7. The molecule has 6 nitrogen and oxygen atoms in total. The average Bonchev–Trinajstić information content (AvgIpc) is 3.29. The van der Waals surface area contributed by atoms with E-state index in [0.29, 0.717) is 19.4 Å². The summed E-state index contributed by atoms with van der Waals surface area (Å²) in [7, 11) is 0. The highest BCUT2D eigenvalue weighted by atomic mass is 16.5. The molecule has 0 bridgehead atoms. The molecule has 0 aromatic carbocycles. The summed E-state index contributed by atoms with van der Waals surface area (Å²) in [5.41, 5.74) is 0. The number of rotatable bonds is 52. The second-order valence-electron chi connectivity index (χ2n) is 19.3. The maximum absolute atomic E-state index is 12.4. The van der Waals surface area contributed by atoms with Crippen LogP contribution in [0.3, 0.4) is 0 Å². The lowest BCUT2D eigenvalue weighted by Crippen LogP contribution is -2.45. The van der Waals surface area contributed by atoms with Crippen LogP contribution in [-0.2, 0) is 14.3 Å². The van der Waals surface area contributed by atoms with Gasteiger partial charge in [0, 0.05) is 12.8 Å². The number of ether oxygens (including phenoxy) is 1. The molecule has 0 saturated carbocycles. The zero-order valence-electron chi connectivity index (χ0n) is 42.8. The molecule has 3 N–H and O–H groups in total. The highest BCUT2D eigenvalue weighted by Crippen LogP contribution is 2.17. The number of nitrogens with one attached hydrogen (secondary N) is 1. The molecular formula is C58H109NO5. The summed E-state index contributed by atoms with van der Waals surface area (Å²) in [4.78, 5) is 24.4. The van der Waals surface area contributed by atoms with Crippen molar-refractivity contribution in [1.29, 1.82) is 0 Å². The van der Waals surface area contributed by atoms with E-state index in [1.165, 1.54) is 218 Å². The largest absolute Gasteiger partial charge is 0.466 e. The standard InChI is InChI=1S/C58H109NO5/c1-3-5-7-9-11-13-15-16-28-32-36-40-44-48-52-58(63)64-53-49-45-41-37-33-29-26-24-22-20-18-17-19-21-23-25-27-31-35-39-43-47-51-57(62)59-55(54-60)56(61)50-46-42-38-34-30-14-12-10-8-6-4-2/h9,11,15-16,46,50,55-56,60-61H,3-8,10,12-14,17-45,47-49,51-54H2,1-2H3,(H,59,62)/b11-9-,16-15-,50-46+. The van der Waals surface area contributed by atoms with Crippen LogP contribution in [-0.4, -0.2) is 47.4 Å². The summed E-state index contributed by atoms with van der Waals surface area (Å²) in [5, 5.41) is 23.0. The van der Waals surface area contributed by atoms with E-state index in [4.69, 9.17) is 4.74 Å². The molecule has 0 aliphatic carbocycles. The van der Waals surface area contributed by atoms with E-state index in [0.717, 1.165) is 51.4 Å². The number of amides is 1. The maximum Gasteiger partial charge on any atom is 0.305 e. The summed E-state index contributed by atoms with van der Waals surface area (Å²) in [6.07, 6.45) is 66.0. The van der Waals surface area contributed by atoms with Crippen molar-refractivity contribution >= 4 is 11.9 Å². The van der Waals surface area contributed by atoms with Crippen LogP contribution >= 0.6 is 0 Å². The molecule has 2 unspecified atom stereocenters. The van der Waals surface area contributed by atoms with Crippen LogP contribution in [0, 0.1) is 0 Å². The van der Waals surface area contributed by atoms with Gasteiger partial charge in [0.15, 0.2) is 0 Å². The van der Waals surface area contributed by atoms with Gasteiger partial charge < -0.3 is 20.3 Å². The van der Waals surface area contributed by atoms with Crippen LogP contribution in [0.25, 0.3) is 0 Å². The Labute approximate surface area is 398 Å². The minimum absolute atomic E-state index is 0.00241. The maximum atomic E-state index is 12.4. The van der Waals surface area contributed by atoms with Crippen LogP contribution in [0.5, 0.6) is 0 Å². The third kappa shape index (κ3) is 49.5. The van der Waals surface area contributed by atoms with Gasteiger partial charge in [-0.1, -0.05) is 262 Å². The Bertz CT molecular complexity index is 1040. The van der Waals surface area contributed by atoms with Gasteiger partial charge in [0.25, 0.3) is 0 Å². The van der Waals surface area contributed by atoms with Crippen LogP contribution in [0.2, 0.25) is 0 Å². The van der Waals surface area contributed by atoms with Gasteiger partial charge in [0.2, 0.25) is 5.91 Å². The van der Waals surface area contributed by atoms with E-state index in [1.54, 1.807) is 6.08 Å². The van der Waals surface area contributed by atoms with Crippen LogP contribution < -0.4 is 5.32 Å². The summed E-state index contributed by atoms with van der Waals surface area (Å²) in [6.45, 7) is 4.84. The van der Waals surface area contributed by atoms with Gasteiger partial charge in [-0.25, -0.2) is 0 Å². The van der Waals surface area contributed by atoms with Gasteiger partial charge >= 0.3 is 5.97 Å². The molecule has 1 amide bonds. The zero-order valence-corrected chi connectivity index (χ0v) is 42.8. The second-order valence-corrected chi connectivity index (χ2v) is 19.3. The molecule has 2 atom stereocenters. The topological polar surface area (TPSA) is 95.9 Å². The van der Waals surface area contributed by atoms with Crippen molar-refractivity contribution in [3.63, 3.8) is 0 Å². The molecule has 0 aromatic rings. The van der Waals surface area contributed by atoms with E-state index in [1.807, 2.05) is 6.08 Å². The summed E-state index contributed by atoms with van der Waals surface area (Å²) < 4.78 is 5.47. The molecule has 64 heavy (non-hydrogen) atoms. The normalized spacial score (nSPS) is 12.9. The molecule has 0 heterocycles. The monoisotopic (exact) mass is 900 g/mol. The number of allylic oxidation sites excluding steroid dienone is 5. The molecule has 0 rings (SSSR count). The predicted molar refractivity (Wildman–Crippen MR) is 278 cm³/mol. The zero-order chi connectivity index (χ0) is 46.5. The fraction of sp³-hybridized carbons (Fsp3) is 0.862. The first kappa shape index (κ1) is 62.1. The van der Waals surface area contributed by atoms with E-state index >= 15 is 0 Å². The molecule has 0 aromatic heterocycles. The van der Waals surface area contributed by atoms with E-state index in [-0.39, 0.29) is 18.5 Å². The third-order valence-corrected chi connectivity index (χ3v) is 12.9. The minimum atomic E-state index is -0.843. The molecular weight excluding hydrogens is 791 g/mol. The lowest BCUT2D eigenvalue weighted by atomic mass is 10.0. The number of aliphatic hydroxyl groups is 2. The van der Waals surface area contributed by atoms with Gasteiger partial charge in [0.05, 0.1) is 25.4 Å². The SMILES string of the molecule is CCCC/C=C\C/C=C\CCCCCCCC(=O)OCCCCCCCCCCCCCCCCCCCCCCCCC(=O)NC(CO)C(O)/C=C/CCCCCCCCCCC. The number of unbranched alkanes of at least 4 members (excludes halogenated alkanes) is 37. The Morgan fingerprint density at radius 3 is 1.23 bits per heavy atom. The van der Waals surface area contributed by atoms with Crippen molar-refractivity contribution < 1.29 is 24.5 Å². The highest BCUT2D eigenvalue weighted by Gasteiger charge is 2.18. The first-order valence-corrected chi connectivity index (χ1v) is 28.3. The van der Waals surface area contributed by atoms with Crippen LogP contribution in [0.15, 0.2) is 36.5 Å². The van der Waals surface area contributed by atoms with Gasteiger partial charge in [-0.2, -0.15) is 0 Å². The molecule has 0 radical (unpaired) electrons. The first-order chi connectivity index (χ1) is 31.5. The summed E-state index contributed by atoms with van der Waals surface area (Å²) >= 11 is 0. The smallest absolute Gasteiger partial charge is 0.305 e. The summed E-state index contributed by atoms with van der Waals surface area (Å²) in [6, 6.07) is -0.627. The number of carbonyl (C=O) groups excluding carboxylic acids is 2. The van der Waals surface area contributed by atoms with Crippen molar-refractivity contribution in [2.75, 3.05) is 13.2 Å². The van der Waals surface area contributed by atoms with E-state index < -0.39 is 12.1 Å². The molecule has 376 valence electrons. The lowest BCUT2D eigenvalue weighted by molar-refractivity contribution is -0.143. The Kier molecular flexibility index (Phi) is 52.1. The van der Waals surface area contributed by atoms with Crippen LogP contribution in [0.4, 0.5) is 0 Å². The van der Waals surface area contributed by atoms with E-state index in [9.17, 15) is 19.8 Å². The summed E-state index contributed by atoms with van der Waals surface area (Å²) in [5.74, 6) is -0.0721. The number of aliphatic hydroxyl groups excluding tert-OH is 2.